The molecule has 23 heavy (non-hydrogen) atoms. The first-order valence-corrected chi connectivity index (χ1v) is 8.19. The fourth-order valence-electron chi connectivity index (χ4n) is 2.86. The summed E-state index contributed by atoms with van der Waals surface area (Å²) in [6, 6.07) is 5.66. The molecule has 0 bridgehead atoms. The zero-order valence-electron chi connectivity index (χ0n) is 13.7. The van der Waals surface area contributed by atoms with Crippen molar-refractivity contribution in [3.05, 3.63) is 30.1 Å². The standard InChI is InChI=1S/C18H24FNO3/c1-12-6-7-16(10-13(12)2)23-18(22)9-8-17(21)20-15-5-3-4-14(19)11-15/h3-5,11-13,16H,6-10H2,1-2H3,(H,20,21)/t12-,13-,16+/m1/s1. The van der Waals surface area contributed by atoms with Crippen molar-refractivity contribution in [1.82, 2.24) is 0 Å². The summed E-state index contributed by atoms with van der Waals surface area (Å²) in [6.45, 7) is 4.40. The van der Waals surface area contributed by atoms with Crippen LogP contribution in [0.5, 0.6) is 0 Å². The van der Waals surface area contributed by atoms with Gasteiger partial charge in [0.2, 0.25) is 5.91 Å². The van der Waals surface area contributed by atoms with Crippen LogP contribution in [0.3, 0.4) is 0 Å². The summed E-state index contributed by atoms with van der Waals surface area (Å²) < 4.78 is 18.5. The third-order valence-corrected chi connectivity index (χ3v) is 4.51. The van der Waals surface area contributed by atoms with Crippen molar-refractivity contribution >= 4 is 17.6 Å². The molecule has 0 unspecified atom stereocenters. The summed E-state index contributed by atoms with van der Waals surface area (Å²) in [4.78, 5) is 23.6. The van der Waals surface area contributed by atoms with Crippen LogP contribution in [0, 0.1) is 17.7 Å². The first-order valence-electron chi connectivity index (χ1n) is 8.19. The van der Waals surface area contributed by atoms with Crippen molar-refractivity contribution in [2.45, 2.75) is 52.1 Å². The smallest absolute Gasteiger partial charge is 0.306 e. The third-order valence-electron chi connectivity index (χ3n) is 4.51. The van der Waals surface area contributed by atoms with Gasteiger partial charge in [0.15, 0.2) is 0 Å². The average Bonchev–Trinajstić information content (AvgIpc) is 2.49. The van der Waals surface area contributed by atoms with E-state index in [2.05, 4.69) is 19.2 Å². The molecule has 0 radical (unpaired) electrons. The van der Waals surface area contributed by atoms with Gasteiger partial charge >= 0.3 is 5.97 Å². The van der Waals surface area contributed by atoms with E-state index in [-0.39, 0.29) is 30.8 Å². The monoisotopic (exact) mass is 321 g/mol. The van der Waals surface area contributed by atoms with Crippen LogP contribution in [0.25, 0.3) is 0 Å². The van der Waals surface area contributed by atoms with Gasteiger partial charge in [-0.15, -0.1) is 0 Å². The summed E-state index contributed by atoms with van der Waals surface area (Å²) in [5.74, 6) is 0.145. The maximum absolute atomic E-state index is 13.0. The lowest BCUT2D eigenvalue weighted by Crippen LogP contribution is -2.29. The SMILES string of the molecule is C[C@@H]1CC[C@H](OC(=O)CCC(=O)Nc2cccc(F)c2)C[C@H]1C. The molecule has 4 nitrogen and oxygen atoms in total. The molecule has 2 rings (SSSR count). The Morgan fingerprint density at radius 2 is 2.00 bits per heavy atom. The average molecular weight is 321 g/mol. The molecular weight excluding hydrogens is 297 g/mol. The maximum Gasteiger partial charge on any atom is 0.306 e. The van der Waals surface area contributed by atoms with E-state index < -0.39 is 5.82 Å². The summed E-state index contributed by atoms with van der Waals surface area (Å²) >= 11 is 0. The number of amides is 1. The fourth-order valence-corrected chi connectivity index (χ4v) is 2.86. The molecule has 0 spiro atoms. The van der Waals surface area contributed by atoms with Crippen molar-refractivity contribution in [3.63, 3.8) is 0 Å². The quantitative estimate of drug-likeness (QED) is 0.837. The molecule has 0 aliphatic heterocycles. The molecule has 1 aliphatic rings. The van der Waals surface area contributed by atoms with E-state index in [9.17, 15) is 14.0 Å². The van der Waals surface area contributed by atoms with Gasteiger partial charge in [-0.25, -0.2) is 4.39 Å². The highest BCUT2D eigenvalue weighted by molar-refractivity contribution is 5.92. The number of benzene rings is 1. The lowest BCUT2D eigenvalue weighted by Gasteiger charge is -2.31. The number of halogens is 1. The molecule has 1 aromatic rings. The van der Waals surface area contributed by atoms with Gasteiger partial charge in [-0.05, 0) is 49.3 Å². The van der Waals surface area contributed by atoms with E-state index in [0.29, 0.717) is 17.5 Å². The third kappa shape index (κ3) is 5.66. The number of ether oxygens (including phenoxy) is 1. The molecule has 0 heterocycles. The highest BCUT2D eigenvalue weighted by Gasteiger charge is 2.27. The van der Waals surface area contributed by atoms with Gasteiger partial charge in [-0.2, -0.15) is 0 Å². The minimum atomic E-state index is -0.414. The minimum Gasteiger partial charge on any atom is -0.462 e. The van der Waals surface area contributed by atoms with Gasteiger partial charge in [-0.1, -0.05) is 19.9 Å². The first-order chi connectivity index (χ1) is 10.9. The van der Waals surface area contributed by atoms with E-state index in [1.165, 1.54) is 18.2 Å². The lowest BCUT2D eigenvalue weighted by molar-refractivity contribution is -0.152. The van der Waals surface area contributed by atoms with Crippen molar-refractivity contribution in [1.29, 1.82) is 0 Å². The van der Waals surface area contributed by atoms with Gasteiger partial charge in [0.1, 0.15) is 11.9 Å². The van der Waals surface area contributed by atoms with Crippen LogP contribution in [0.15, 0.2) is 24.3 Å². The second-order valence-electron chi connectivity index (χ2n) is 6.44. The van der Waals surface area contributed by atoms with Crippen molar-refractivity contribution in [2.75, 3.05) is 5.32 Å². The lowest BCUT2D eigenvalue weighted by atomic mass is 9.80. The van der Waals surface area contributed by atoms with Gasteiger partial charge < -0.3 is 10.1 Å². The highest BCUT2D eigenvalue weighted by Crippen LogP contribution is 2.31. The summed E-state index contributed by atoms with van der Waals surface area (Å²) in [5, 5.41) is 2.57. The molecule has 0 saturated heterocycles. The zero-order chi connectivity index (χ0) is 16.8. The number of rotatable bonds is 5. The first kappa shape index (κ1) is 17.4. The molecule has 1 aromatic carbocycles. The predicted molar refractivity (Wildman–Crippen MR) is 86.3 cm³/mol. The van der Waals surface area contributed by atoms with Crippen molar-refractivity contribution < 1.29 is 18.7 Å². The molecule has 1 aliphatic carbocycles. The van der Waals surface area contributed by atoms with Crippen LogP contribution >= 0.6 is 0 Å². The molecule has 1 fully saturated rings. The number of carbonyl (C=O) groups excluding carboxylic acids is 2. The van der Waals surface area contributed by atoms with E-state index in [1.807, 2.05) is 0 Å². The predicted octanol–water partition coefficient (Wildman–Crippen LogP) is 3.91. The van der Waals surface area contributed by atoms with E-state index >= 15 is 0 Å². The molecule has 1 saturated carbocycles. The Balaban J connectivity index is 1.70. The Bertz CT molecular complexity index is 561. The van der Waals surface area contributed by atoms with Crippen LogP contribution in [-0.4, -0.2) is 18.0 Å². The van der Waals surface area contributed by atoms with Gasteiger partial charge in [0, 0.05) is 12.1 Å². The normalized spacial score (nSPS) is 24.0. The van der Waals surface area contributed by atoms with E-state index in [4.69, 9.17) is 4.74 Å². The van der Waals surface area contributed by atoms with Gasteiger partial charge in [0.05, 0.1) is 6.42 Å². The Hall–Kier alpha value is -1.91. The van der Waals surface area contributed by atoms with Crippen LogP contribution in [-0.2, 0) is 14.3 Å². The second-order valence-corrected chi connectivity index (χ2v) is 6.44. The zero-order valence-corrected chi connectivity index (χ0v) is 13.7. The van der Waals surface area contributed by atoms with Crippen molar-refractivity contribution in [3.8, 4) is 0 Å². The van der Waals surface area contributed by atoms with Crippen molar-refractivity contribution in [2.24, 2.45) is 11.8 Å². The molecule has 3 atom stereocenters. The number of hydrogen-bond donors (Lipinski definition) is 1. The van der Waals surface area contributed by atoms with Crippen LogP contribution < -0.4 is 5.32 Å². The van der Waals surface area contributed by atoms with E-state index in [0.717, 1.165) is 19.3 Å². The molecule has 5 heteroatoms. The largest absolute Gasteiger partial charge is 0.462 e. The fraction of sp³-hybridized carbons (Fsp3) is 0.556. The van der Waals surface area contributed by atoms with Gasteiger partial charge in [-0.3, -0.25) is 9.59 Å². The number of carbonyl (C=O) groups is 2. The van der Waals surface area contributed by atoms with E-state index in [1.54, 1.807) is 6.07 Å². The Kier molecular flexibility index (Phi) is 6.13. The molecule has 126 valence electrons. The molecule has 1 N–H and O–H groups in total. The van der Waals surface area contributed by atoms with Crippen LogP contribution in [0.4, 0.5) is 10.1 Å². The number of esters is 1. The number of nitrogens with one attached hydrogen (secondary N) is 1. The molecule has 0 aromatic heterocycles. The number of hydrogen-bond acceptors (Lipinski definition) is 3. The molecule has 1 amide bonds. The minimum absolute atomic E-state index is 0.0278. The summed E-state index contributed by atoms with van der Waals surface area (Å²) in [6.07, 6.45) is 2.91. The Morgan fingerprint density at radius 1 is 1.22 bits per heavy atom. The Morgan fingerprint density at radius 3 is 2.70 bits per heavy atom. The van der Waals surface area contributed by atoms with Gasteiger partial charge in [0.25, 0.3) is 0 Å². The topological polar surface area (TPSA) is 55.4 Å². The second kappa shape index (κ2) is 8.09. The number of anilines is 1. The summed E-state index contributed by atoms with van der Waals surface area (Å²) in [5.41, 5.74) is 0.387. The molecular formula is C18H24FNO3. The van der Waals surface area contributed by atoms with Crippen LogP contribution in [0.2, 0.25) is 0 Å². The highest BCUT2D eigenvalue weighted by atomic mass is 19.1. The summed E-state index contributed by atoms with van der Waals surface area (Å²) in [7, 11) is 0. The van der Waals surface area contributed by atoms with Crippen LogP contribution in [0.1, 0.15) is 46.0 Å². The Labute approximate surface area is 136 Å². The maximum atomic E-state index is 13.0.